The zero-order valence-electron chi connectivity index (χ0n) is 10.6. The minimum atomic E-state index is -1.45. The van der Waals surface area contributed by atoms with E-state index in [1.165, 1.54) is 12.3 Å². The van der Waals surface area contributed by atoms with Crippen LogP contribution in [0.5, 0.6) is 5.75 Å². The first-order valence-corrected chi connectivity index (χ1v) is 6.16. The predicted octanol–water partition coefficient (Wildman–Crippen LogP) is -1.39. The maximum atomic E-state index is 9.88. The molecule has 5 atom stereocenters. The summed E-state index contributed by atoms with van der Waals surface area (Å²) >= 11 is 0. The second kappa shape index (κ2) is 6.29. The van der Waals surface area contributed by atoms with Gasteiger partial charge in [0.1, 0.15) is 30.1 Å². The largest absolute Gasteiger partial charge is 0.507 e. The van der Waals surface area contributed by atoms with Crippen LogP contribution in [-0.4, -0.2) is 69.0 Å². The molecule has 7 heteroatoms. The molecule has 0 aromatic heterocycles. The normalized spacial score (nSPS) is 34.5. The van der Waals surface area contributed by atoms with Gasteiger partial charge in [0.25, 0.3) is 0 Å². The Hall–Kier alpha value is -1.51. The van der Waals surface area contributed by atoms with Crippen molar-refractivity contribution in [2.45, 2.75) is 30.6 Å². The number of aliphatic imine (C=N–C) groups is 1. The summed E-state index contributed by atoms with van der Waals surface area (Å²) in [4.78, 5) is 3.94. The van der Waals surface area contributed by atoms with E-state index in [1.54, 1.807) is 18.2 Å². The van der Waals surface area contributed by atoms with E-state index in [0.29, 0.717) is 5.56 Å². The number of hydrogen-bond donors (Lipinski definition) is 5. The number of aromatic hydroxyl groups is 1. The Morgan fingerprint density at radius 2 is 1.85 bits per heavy atom. The number of nitrogens with zero attached hydrogens (tertiary/aromatic N) is 1. The summed E-state index contributed by atoms with van der Waals surface area (Å²) in [7, 11) is 0. The maximum absolute atomic E-state index is 9.88. The SMILES string of the molecule is OC[C@H]1O[C@H](O)[C@H](N=Cc2ccccc2O)[C@@H](O)[C@H]1O. The molecule has 1 aliphatic rings. The van der Waals surface area contributed by atoms with Crippen molar-refractivity contribution in [1.82, 2.24) is 0 Å². The van der Waals surface area contributed by atoms with Crippen molar-refractivity contribution >= 4 is 6.21 Å². The van der Waals surface area contributed by atoms with Crippen molar-refractivity contribution in [3.8, 4) is 5.75 Å². The lowest BCUT2D eigenvalue weighted by molar-refractivity contribution is -0.248. The Morgan fingerprint density at radius 1 is 1.15 bits per heavy atom. The van der Waals surface area contributed by atoms with E-state index in [-0.39, 0.29) is 5.75 Å². The molecule has 0 amide bonds. The molecule has 1 aromatic rings. The summed E-state index contributed by atoms with van der Waals surface area (Å²) in [6.45, 7) is -0.523. The average Bonchev–Trinajstić information content (AvgIpc) is 2.44. The van der Waals surface area contributed by atoms with Crippen molar-refractivity contribution in [2.24, 2.45) is 4.99 Å². The van der Waals surface area contributed by atoms with Crippen LogP contribution in [0.3, 0.4) is 0 Å². The second-order valence-corrected chi connectivity index (χ2v) is 4.56. The van der Waals surface area contributed by atoms with Crippen molar-refractivity contribution in [2.75, 3.05) is 6.61 Å². The van der Waals surface area contributed by atoms with Crippen molar-refractivity contribution in [3.63, 3.8) is 0 Å². The number of ether oxygens (including phenoxy) is 1. The van der Waals surface area contributed by atoms with Gasteiger partial charge in [-0.3, -0.25) is 4.99 Å². The van der Waals surface area contributed by atoms with E-state index in [0.717, 1.165) is 0 Å². The van der Waals surface area contributed by atoms with E-state index in [2.05, 4.69) is 4.99 Å². The van der Waals surface area contributed by atoms with Crippen molar-refractivity contribution < 1.29 is 30.3 Å². The van der Waals surface area contributed by atoms with Gasteiger partial charge < -0.3 is 30.3 Å². The quantitative estimate of drug-likeness (QED) is 0.435. The van der Waals surface area contributed by atoms with Gasteiger partial charge in [-0.05, 0) is 12.1 Å². The molecule has 0 unspecified atom stereocenters. The molecule has 0 aliphatic carbocycles. The van der Waals surface area contributed by atoms with Gasteiger partial charge in [-0.25, -0.2) is 0 Å². The molecule has 0 bridgehead atoms. The third-order valence-electron chi connectivity index (χ3n) is 3.19. The van der Waals surface area contributed by atoms with Gasteiger partial charge in [-0.2, -0.15) is 0 Å². The lowest BCUT2D eigenvalue weighted by atomic mass is 9.97. The fourth-order valence-corrected chi connectivity index (χ4v) is 2.01. The van der Waals surface area contributed by atoms with E-state index in [9.17, 15) is 20.4 Å². The summed E-state index contributed by atoms with van der Waals surface area (Å²) in [5, 5.41) is 47.8. The number of aliphatic hydroxyl groups excluding tert-OH is 4. The van der Waals surface area contributed by atoms with Crippen molar-refractivity contribution in [3.05, 3.63) is 29.8 Å². The van der Waals surface area contributed by atoms with Crippen molar-refractivity contribution in [1.29, 1.82) is 0 Å². The van der Waals surface area contributed by atoms with Crippen LogP contribution in [0.15, 0.2) is 29.3 Å². The Bertz CT molecular complexity index is 480. The molecule has 0 saturated carbocycles. The zero-order valence-corrected chi connectivity index (χ0v) is 10.6. The second-order valence-electron chi connectivity index (χ2n) is 4.56. The molecule has 7 nitrogen and oxygen atoms in total. The predicted molar refractivity (Wildman–Crippen MR) is 69.5 cm³/mol. The maximum Gasteiger partial charge on any atom is 0.180 e. The number of phenols is 1. The average molecular weight is 283 g/mol. The smallest absolute Gasteiger partial charge is 0.180 e. The van der Waals surface area contributed by atoms with Gasteiger partial charge >= 0.3 is 0 Å². The Labute approximate surface area is 115 Å². The minimum Gasteiger partial charge on any atom is -0.507 e. The molecule has 0 radical (unpaired) electrons. The highest BCUT2D eigenvalue weighted by Gasteiger charge is 2.43. The molecule has 1 fully saturated rings. The highest BCUT2D eigenvalue weighted by atomic mass is 16.6. The molecule has 2 rings (SSSR count). The van der Waals surface area contributed by atoms with Crippen LogP contribution in [0.2, 0.25) is 0 Å². The van der Waals surface area contributed by atoms with E-state index in [4.69, 9.17) is 9.84 Å². The van der Waals surface area contributed by atoms with E-state index in [1.807, 2.05) is 0 Å². The van der Waals surface area contributed by atoms with Gasteiger partial charge in [0, 0.05) is 11.8 Å². The summed E-state index contributed by atoms with van der Waals surface area (Å²) in [5.74, 6) is 0.00532. The highest BCUT2D eigenvalue weighted by Crippen LogP contribution is 2.22. The Kier molecular flexibility index (Phi) is 4.69. The first-order chi connectivity index (χ1) is 9.54. The summed E-state index contributed by atoms with van der Waals surface area (Å²) < 4.78 is 4.97. The first kappa shape index (κ1) is 14.9. The summed E-state index contributed by atoms with van der Waals surface area (Å²) in [5.41, 5.74) is 0.408. The molecular weight excluding hydrogens is 266 g/mol. The standard InChI is InChI=1S/C13H17NO6/c15-6-9-11(17)12(18)10(13(19)20-9)14-5-7-3-1-2-4-8(7)16/h1-5,9-13,15-19H,6H2/t9-,10-,11+,12-,13+/m1/s1. The van der Waals surface area contributed by atoms with Crippen LogP contribution < -0.4 is 0 Å². The van der Waals surface area contributed by atoms with Crippen LogP contribution in [0.1, 0.15) is 5.56 Å². The summed E-state index contributed by atoms with van der Waals surface area (Å²) in [6, 6.07) is 5.32. The topological polar surface area (TPSA) is 123 Å². The van der Waals surface area contributed by atoms with Gasteiger partial charge in [-0.1, -0.05) is 12.1 Å². The molecule has 5 N–H and O–H groups in total. The molecule has 20 heavy (non-hydrogen) atoms. The lowest BCUT2D eigenvalue weighted by Gasteiger charge is -2.38. The number of hydrogen-bond acceptors (Lipinski definition) is 7. The molecule has 1 aliphatic heterocycles. The highest BCUT2D eigenvalue weighted by molar-refractivity contribution is 5.83. The zero-order chi connectivity index (χ0) is 14.7. The van der Waals surface area contributed by atoms with Gasteiger partial charge in [0.05, 0.1) is 6.61 Å². The third kappa shape index (κ3) is 2.97. The monoisotopic (exact) mass is 283 g/mol. The number of benzene rings is 1. The minimum absolute atomic E-state index is 0.00532. The van der Waals surface area contributed by atoms with Crippen LogP contribution in [0, 0.1) is 0 Å². The van der Waals surface area contributed by atoms with Crippen LogP contribution >= 0.6 is 0 Å². The Morgan fingerprint density at radius 3 is 2.50 bits per heavy atom. The number of para-hydroxylation sites is 1. The number of aliphatic hydroxyl groups is 4. The molecule has 1 heterocycles. The fraction of sp³-hybridized carbons (Fsp3) is 0.462. The lowest BCUT2D eigenvalue weighted by Crippen LogP contribution is -2.57. The third-order valence-corrected chi connectivity index (χ3v) is 3.19. The fourth-order valence-electron chi connectivity index (χ4n) is 2.01. The molecule has 1 aromatic carbocycles. The molecule has 0 spiro atoms. The van der Waals surface area contributed by atoms with Crippen LogP contribution in [0.4, 0.5) is 0 Å². The Balaban J connectivity index is 2.14. The molecule has 1 saturated heterocycles. The number of rotatable bonds is 3. The van der Waals surface area contributed by atoms with E-state index >= 15 is 0 Å². The first-order valence-electron chi connectivity index (χ1n) is 6.16. The van der Waals surface area contributed by atoms with Crippen LogP contribution in [-0.2, 0) is 4.74 Å². The molecule has 110 valence electrons. The van der Waals surface area contributed by atoms with Gasteiger partial charge in [0.15, 0.2) is 6.29 Å². The van der Waals surface area contributed by atoms with E-state index < -0.39 is 37.3 Å². The van der Waals surface area contributed by atoms with Gasteiger partial charge in [-0.15, -0.1) is 0 Å². The van der Waals surface area contributed by atoms with Crippen LogP contribution in [0.25, 0.3) is 0 Å². The molecular formula is C13H17NO6. The number of phenolic OH excluding ortho intramolecular Hbond substituents is 1. The summed E-state index contributed by atoms with van der Waals surface area (Å²) in [6.07, 6.45) is -3.96. The van der Waals surface area contributed by atoms with Gasteiger partial charge in [0.2, 0.25) is 0 Å².